The van der Waals surface area contributed by atoms with Crippen molar-refractivity contribution in [3.63, 3.8) is 0 Å². The molecule has 2 rings (SSSR count). The molecule has 2 heterocycles. The zero-order chi connectivity index (χ0) is 10.7. The minimum Gasteiger partial charge on any atom is -0.352 e. The SMILES string of the molecule is N#Cc1ccnnc1N1CCC[C@@H](N)C1. The van der Waals surface area contributed by atoms with Gasteiger partial charge in [0.15, 0.2) is 5.82 Å². The van der Waals surface area contributed by atoms with Gasteiger partial charge in [-0.2, -0.15) is 10.4 Å². The summed E-state index contributed by atoms with van der Waals surface area (Å²) in [5.41, 5.74) is 6.45. The van der Waals surface area contributed by atoms with E-state index in [-0.39, 0.29) is 6.04 Å². The van der Waals surface area contributed by atoms with Crippen molar-refractivity contribution in [2.75, 3.05) is 18.0 Å². The topological polar surface area (TPSA) is 78.8 Å². The highest BCUT2D eigenvalue weighted by molar-refractivity contribution is 5.52. The first-order valence-corrected chi connectivity index (χ1v) is 5.03. The molecule has 0 radical (unpaired) electrons. The van der Waals surface area contributed by atoms with E-state index in [0.29, 0.717) is 11.4 Å². The van der Waals surface area contributed by atoms with Crippen molar-refractivity contribution >= 4 is 5.82 Å². The van der Waals surface area contributed by atoms with E-state index in [1.807, 2.05) is 4.90 Å². The number of nitrogens with zero attached hydrogens (tertiary/aromatic N) is 4. The molecule has 0 saturated carbocycles. The van der Waals surface area contributed by atoms with Crippen LogP contribution in [-0.4, -0.2) is 29.3 Å². The largest absolute Gasteiger partial charge is 0.352 e. The molecule has 1 fully saturated rings. The molecule has 0 amide bonds. The fourth-order valence-electron chi connectivity index (χ4n) is 1.85. The average Bonchev–Trinajstić information content (AvgIpc) is 2.29. The van der Waals surface area contributed by atoms with Crippen molar-refractivity contribution in [3.8, 4) is 6.07 Å². The van der Waals surface area contributed by atoms with Crippen LogP contribution < -0.4 is 10.6 Å². The first-order chi connectivity index (χ1) is 7.31. The molecule has 0 unspecified atom stereocenters. The van der Waals surface area contributed by atoms with Gasteiger partial charge in [-0.3, -0.25) is 0 Å². The highest BCUT2D eigenvalue weighted by Gasteiger charge is 2.20. The molecule has 78 valence electrons. The minimum absolute atomic E-state index is 0.173. The van der Waals surface area contributed by atoms with Gasteiger partial charge in [-0.25, -0.2) is 0 Å². The zero-order valence-corrected chi connectivity index (χ0v) is 8.43. The molecule has 1 atom stereocenters. The Kier molecular flexibility index (Phi) is 2.79. The van der Waals surface area contributed by atoms with E-state index >= 15 is 0 Å². The van der Waals surface area contributed by atoms with E-state index < -0.39 is 0 Å². The van der Waals surface area contributed by atoms with Crippen molar-refractivity contribution < 1.29 is 0 Å². The summed E-state index contributed by atoms with van der Waals surface area (Å²) >= 11 is 0. The second kappa shape index (κ2) is 4.24. The summed E-state index contributed by atoms with van der Waals surface area (Å²) < 4.78 is 0. The highest BCUT2D eigenvalue weighted by Crippen LogP contribution is 2.19. The van der Waals surface area contributed by atoms with Crippen LogP contribution in [-0.2, 0) is 0 Å². The van der Waals surface area contributed by atoms with E-state index in [0.717, 1.165) is 25.9 Å². The molecule has 1 aromatic rings. The van der Waals surface area contributed by atoms with Crippen LogP contribution in [0.5, 0.6) is 0 Å². The number of piperidine rings is 1. The quantitative estimate of drug-likeness (QED) is 0.709. The molecule has 15 heavy (non-hydrogen) atoms. The van der Waals surface area contributed by atoms with Crippen molar-refractivity contribution in [1.29, 1.82) is 5.26 Å². The predicted molar refractivity (Wildman–Crippen MR) is 56.2 cm³/mol. The predicted octanol–water partition coefficient (Wildman–Crippen LogP) is 0.276. The summed E-state index contributed by atoms with van der Waals surface area (Å²) in [6.07, 6.45) is 3.62. The van der Waals surface area contributed by atoms with Gasteiger partial charge in [-0.05, 0) is 18.9 Å². The number of hydrogen-bond acceptors (Lipinski definition) is 5. The number of aromatic nitrogens is 2. The standard InChI is InChI=1S/C10H13N5/c11-6-8-3-4-13-14-10(8)15-5-1-2-9(12)7-15/h3-4,9H,1-2,5,7,12H2/t9-/m1/s1. The van der Waals surface area contributed by atoms with E-state index in [2.05, 4.69) is 16.3 Å². The highest BCUT2D eigenvalue weighted by atomic mass is 15.3. The smallest absolute Gasteiger partial charge is 0.169 e. The Morgan fingerprint density at radius 3 is 3.20 bits per heavy atom. The molecule has 1 aromatic heterocycles. The first kappa shape index (κ1) is 9.87. The maximum Gasteiger partial charge on any atom is 0.169 e. The van der Waals surface area contributed by atoms with Gasteiger partial charge < -0.3 is 10.6 Å². The second-order valence-corrected chi connectivity index (χ2v) is 3.73. The normalized spacial score (nSPS) is 21.1. The number of nitrogens with two attached hydrogens (primary N) is 1. The molecule has 0 aromatic carbocycles. The summed E-state index contributed by atoms with van der Waals surface area (Å²) in [5, 5.41) is 16.8. The molecule has 1 aliphatic rings. The zero-order valence-electron chi connectivity index (χ0n) is 8.43. The monoisotopic (exact) mass is 203 g/mol. The maximum atomic E-state index is 8.94. The van der Waals surface area contributed by atoms with Crippen LogP contribution in [0.3, 0.4) is 0 Å². The summed E-state index contributed by atoms with van der Waals surface area (Å²) in [6, 6.07) is 3.98. The Bertz CT molecular complexity index is 384. The van der Waals surface area contributed by atoms with Crippen LogP contribution in [0.2, 0.25) is 0 Å². The second-order valence-electron chi connectivity index (χ2n) is 3.73. The van der Waals surface area contributed by atoms with Crippen molar-refractivity contribution in [2.24, 2.45) is 5.73 Å². The van der Waals surface area contributed by atoms with Gasteiger partial charge in [0.1, 0.15) is 6.07 Å². The summed E-state index contributed by atoms with van der Waals surface area (Å²) in [4.78, 5) is 2.04. The Labute approximate surface area is 88.5 Å². The molecule has 0 aliphatic carbocycles. The van der Waals surface area contributed by atoms with Crippen molar-refractivity contribution in [3.05, 3.63) is 17.8 Å². The van der Waals surface area contributed by atoms with Crippen LogP contribution >= 0.6 is 0 Å². The van der Waals surface area contributed by atoms with Gasteiger partial charge in [0.2, 0.25) is 0 Å². The fourth-order valence-corrected chi connectivity index (χ4v) is 1.85. The Morgan fingerprint density at radius 2 is 2.47 bits per heavy atom. The van der Waals surface area contributed by atoms with E-state index in [1.165, 1.54) is 6.20 Å². The summed E-state index contributed by atoms with van der Waals surface area (Å²) in [5.74, 6) is 0.662. The van der Waals surface area contributed by atoms with Crippen LogP contribution in [0.15, 0.2) is 12.3 Å². The van der Waals surface area contributed by atoms with Gasteiger partial charge in [0.25, 0.3) is 0 Å². The van der Waals surface area contributed by atoms with Crippen LogP contribution in [0, 0.1) is 11.3 Å². The maximum absolute atomic E-state index is 8.94. The summed E-state index contributed by atoms with van der Waals surface area (Å²) in [7, 11) is 0. The average molecular weight is 203 g/mol. The lowest BCUT2D eigenvalue weighted by atomic mass is 10.1. The lowest BCUT2D eigenvalue weighted by molar-refractivity contribution is 0.501. The number of rotatable bonds is 1. The molecule has 1 saturated heterocycles. The van der Waals surface area contributed by atoms with Crippen molar-refractivity contribution in [1.82, 2.24) is 10.2 Å². The third kappa shape index (κ3) is 2.05. The number of anilines is 1. The van der Waals surface area contributed by atoms with Gasteiger partial charge in [-0.1, -0.05) is 0 Å². The van der Waals surface area contributed by atoms with E-state index in [4.69, 9.17) is 11.0 Å². The Hall–Kier alpha value is -1.67. The number of nitriles is 1. The molecule has 5 nitrogen and oxygen atoms in total. The minimum atomic E-state index is 0.173. The lowest BCUT2D eigenvalue weighted by Gasteiger charge is -2.31. The van der Waals surface area contributed by atoms with E-state index in [1.54, 1.807) is 6.07 Å². The van der Waals surface area contributed by atoms with Crippen LogP contribution in [0.1, 0.15) is 18.4 Å². The first-order valence-electron chi connectivity index (χ1n) is 5.03. The van der Waals surface area contributed by atoms with Gasteiger partial charge >= 0.3 is 0 Å². The third-order valence-electron chi connectivity index (χ3n) is 2.58. The third-order valence-corrected chi connectivity index (χ3v) is 2.58. The molecule has 5 heteroatoms. The van der Waals surface area contributed by atoms with Crippen LogP contribution in [0.4, 0.5) is 5.82 Å². The number of hydrogen-bond donors (Lipinski definition) is 1. The van der Waals surface area contributed by atoms with Gasteiger partial charge in [-0.15, -0.1) is 5.10 Å². The van der Waals surface area contributed by atoms with Gasteiger partial charge in [0, 0.05) is 19.1 Å². The van der Waals surface area contributed by atoms with Crippen LogP contribution in [0.25, 0.3) is 0 Å². The van der Waals surface area contributed by atoms with E-state index in [9.17, 15) is 0 Å². The van der Waals surface area contributed by atoms with Crippen molar-refractivity contribution in [2.45, 2.75) is 18.9 Å². The fraction of sp³-hybridized carbons (Fsp3) is 0.500. The molecule has 2 N–H and O–H groups in total. The Balaban J connectivity index is 2.25. The molecule has 0 spiro atoms. The molecular formula is C10H13N5. The Morgan fingerprint density at radius 1 is 1.60 bits per heavy atom. The molecule has 0 bridgehead atoms. The summed E-state index contributed by atoms with van der Waals surface area (Å²) in [6.45, 7) is 1.66. The molecular weight excluding hydrogens is 190 g/mol. The molecule has 1 aliphatic heterocycles. The lowest BCUT2D eigenvalue weighted by Crippen LogP contribution is -2.43. The van der Waals surface area contributed by atoms with Gasteiger partial charge in [0.05, 0.1) is 11.8 Å².